The Morgan fingerprint density at radius 3 is 2.00 bits per heavy atom. The fourth-order valence-electron chi connectivity index (χ4n) is 6.57. The van der Waals surface area contributed by atoms with Crippen LogP contribution in [0.25, 0.3) is 0 Å². The average molecular weight is 621 g/mol. The van der Waals surface area contributed by atoms with Crippen LogP contribution in [0.5, 0.6) is 0 Å². The molecule has 2 rings (SSSR count). The first-order valence-corrected chi connectivity index (χ1v) is 17.7. The van der Waals surface area contributed by atoms with Crippen molar-refractivity contribution in [3.8, 4) is 0 Å². The topological polar surface area (TPSA) is 114 Å². The first-order chi connectivity index (χ1) is 20.9. The van der Waals surface area contributed by atoms with Gasteiger partial charge in [0.25, 0.3) is 0 Å². The fraction of sp³-hybridized carbons (Fsp3) is 0.861. The van der Waals surface area contributed by atoms with Crippen LogP contribution < -0.4 is 10.6 Å². The molecule has 0 bridgehead atoms. The number of nitrogens with one attached hydrogen (secondary N) is 2. The van der Waals surface area contributed by atoms with Crippen LogP contribution in [0.2, 0.25) is 0 Å². The molecule has 0 aromatic rings. The van der Waals surface area contributed by atoms with E-state index < -0.39 is 34.9 Å². The Kier molecular flexibility index (Phi) is 17.0. The predicted molar refractivity (Wildman–Crippen MR) is 176 cm³/mol. The molecule has 1 aliphatic carbocycles. The van der Waals surface area contributed by atoms with E-state index in [1.807, 2.05) is 13.8 Å². The van der Waals surface area contributed by atoms with Crippen molar-refractivity contribution in [2.24, 2.45) is 5.41 Å². The van der Waals surface area contributed by atoms with E-state index in [0.717, 1.165) is 44.9 Å². The minimum Gasteiger partial charge on any atom is -0.481 e. The van der Waals surface area contributed by atoms with Crippen molar-refractivity contribution < 1.29 is 29.0 Å². The van der Waals surface area contributed by atoms with Crippen LogP contribution in [0.3, 0.4) is 0 Å². The lowest BCUT2D eigenvalue weighted by molar-refractivity contribution is -0.304. The molecule has 1 aliphatic heterocycles. The molecule has 1 saturated carbocycles. The van der Waals surface area contributed by atoms with Crippen LogP contribution in [0.15, 0.2) is 12.2 Å². The smallest absolute Gasteiger partial charge is 0.305 e. The van der Waals surface area contributed by atoms with E-state index in [9.17, 15) is 19.5 Å². The number of rotatable bonds is 21. The number of aliphatic carboxylic acids is 1. The molecule has 8 heteroatoms. The van der Waals surface area contributed by atoms with Crippen molar-refractivity contribution in [2.45, 2.75) is 187 Å². The van der Waals surface area contributed by atoms with Gasteiger partial charge in [-0.05, 0) is 58.8 Å². The third-order valence-corrected chi connectivity index (χ3v) is 9.30. The summed E-state index contributed by atoms with van der Waals surface area (Å²) in [6, 6.07) is -0.726. The molecule has 3 N–H and O–H groups in total. The van der Waals surface area contributed by atoms with E-state index in [4.69, 9.17) is 9.47 Å². The van der Waals surface area contributed by atoms with E-state index >= 15 is 0 Å². The summed E-state index contributed by atoms with van der Waals surface area (Å²) in [5.41, 5.74) is -1.36. The van der Waals surface area contributed by atoms with Gasteiger partial charge in [-0.15, -0.1) is 0 Å². The normalized spacial score (nSPS) is 21.5. The van der Waals surface area contributed by atoms with Gasteiger partial charge in [-0.1, -0.05) is 104 Å². The molecule has 2 unspecified atom stereocenters. The van der Waals surface area contributed by atoms with Crippen LogP contribution in [0.4, 0.5) is 0 Å². The second-order valence-corrected chi connectivity index (χ2v) is 14.4. The maximum absolute atomic E-state index is 13.6. The van der Waals surface area contributed by atoms with Gasteiger partial charge >= 0.3 is 5.97 Å². The Morgan fingerprint density at radius 1 is 0.841 bits per heavy atom. The largest absolute Gasteiger partial charge is 0.481 e. The van der Waals surface area contributed by atoms with Gasteiger partial charge in [0.05, 0.1) is 24.6 Å². The monoisotopic (exact) mass is 620 g/mol. The van der Waals surface area contributed by atoms with E-state index in [1.165, 1.54) is 57.8 Å². The number of unbranched alkanes of at least 4 members (excludes halogenated alkanes) is 11. The molecular weight excluding hydrogens is 556 g/mol. The van der Waals surface area contributed by atoms with Gasteiger partial charge in [-0.2, -0.15) is 0 Å². The van der Waals surface area contributed by atoms with E-state index in [0.29, 0.717) is 25.9 Å². The van der Waals surface area contributed by atoms with Crippen LogP contribution >= 0.6 is 0 Å². The number of carboxylic acids is 1. The fourth-order valence-corrected chi connectivity index (χ4v) is 6.57. The number of carbonyl (C=O) groups is 3. The number of allylic oxidation sites excluding steroid dienone is 2. The van der Waals surface area contributed by atoms with Gasteiger partial charge in [0.2, 0.25) is 11.8 Å². The maximum Gasteiger partial charge on any atom is 0.305 e. The molecule has 8 nitrogen and oxygen atoms in total. The molecule has 2 atom stereocenters. The number of hydrogen-bond acceptors (Lipinski definition) is 5. The second-order valence-electron chi connectivity index (χ2n) is 14.4. The Labute approximate surface area is 267 Å². The number of carbonyl (C=O) groups excluding carboxylic acids is 2. The van der Waals surface area contributed by atoms with Gasteiger partial charge in [0.15, 0.2) is 5.79 Å². The van der Waals surface area contributed by atoms with Crippen molar-refractivity contribution in [3.63, 3.8) is 0 Å². The number of amides is 2. The SMILES string of the molecule is CCCCCCCC/C=C\CCCCCCCC(=O)NC1(C(CC(=O)O)NC(=O)C2OC(C)(C)OCC2(C)C)CCCCC1. The molecule has 0 radical (unpaired) electrons. The molecule has 0 spiro atoms. The maximum atomic E-state index is 13.6. The molecule has 2 amide bonds. The first kappa shape index (κ1) is 38.3. The Balaban J connectivity index is 1.82. The Morgan fingerprint density at radius 2 is 1.41 bits per heavy atom. The standard InChI is InChI=1S/C36H64N2O6/c1-6-7-8-9-10-11-12-13-14-15-16-17-18-19-21-24-30(39)38-36(25-22-20-23-26-36)29(27-31(40)41)37-33(42)32-34(2,3)28-43-35(4,5)44-32/h13-14,29,32H,6-12,15-28H2,1-5H3,(H,37,42)(H,38,39)(H,40,41)/b14-13-. The first-order valence-electron chi connectivity index (χ1n) is 17.7. The summed E-state index contributed by atoms with van der Waals surface area (Å²) in [6.07, 6.45) is 23.7. The Hall–Kier alpha value is -1.93. The third-order valence-electron chi connectivity index (χ3n) is 9.30. The summed E-state index contributed by atoms with van der Waals surface area (Å²) < 4.78 is 11.8. The van der Waals surface area contributed by atoms with Gasteiger partial charge in [-0.25, -0.2) is 0 Å². The third kappa shape index (κ3) is 14.0. The summed E-state index contributed by atoms with van der Waals surface area (Å²) in [7, 11) is 0. The summed E-state index contributed by atoms with van der Waals surface area (Å²) in [5, 5.41) is 16.1. The van der Waals surface area contributed by atoms with Crippen molar-refractivity contribution in [2.75, 3.05) is 6.61 Å². The summed E-state index contributed by atoms with van der Waals surface area (Å²) in [6.45, 7) is 9.96. The van der Waals surface area contributed by atoms with E-state index in [1.54, 1.807) is 13.8 Å². The number of ether oxygens (including phenoxy) is 2. The van der Waals surface area contributed by atoms with Crippen molar-refractivity contribution in [1.29, 1.82) is 0 Å². The Bertz CT molecular complexity index is 893. The minimum absolute atomic E-state index is 0.0575. The summed E-state index contributed by atoms with van der Waals surface area (Å²) in [5.74, 6) is -2.33. The molecule has 2 fully saturated rings. The van der Waals surface area contributed by atoms with E-state index in [-0.39, 0.29) is 18.2 Å². The second kappa shape index (κ2) is 19.6. The molecule has 0 aromatic heterocycles. The lowest BCUT2D eigenvalue weighted by Gasteiger charge is -2.47. The van der Waals surface area contributed by atoms with Crippen LogP contribution in [0, 0.1) is 5.41 Å². The van der Waals surface area contributed by atoms with Crippen molar-refractivity contribution in [1.82, 2.24) is 10.6 Å². The predicted octanol–water partition coefficient (Wildman–Crippen LogP) is 7.98. The number of hydrogen-bond donors (Lipinski definition) is 3. The highest BCUT2D eigenvalue weighted by Crippen LogP contribution is 2.37. The van der Waals surface area contributed by atoms with Crippen molar-refractivity contribution >= 4 is 17.8 Å². The molecule has 44 heavy (non-hydrogen) atoms. The summed E-state index contributed by atoms with van der Waals surface area (Å²) >= 11 is 0. The lowest BCUT2D eigenvalue weighted by Crippen LogP contribution is -2.66. The molecule has 254 valence electrons. The quantitative estimate of drug-likeness (QED) is 0.0886. The van der Waals surface area contributed by atoms with Gasteiger partial charge in [0.1, 0.15) is 6.10 Å². The van der Waals surface area contributed by atoms with Crippen LogP contribution in [0.1, 0.15) is 163 Å². The highest BCUT2D eigenvalue weighted by molar-refractivity contribution is 5.83. The minimum atomic E-state index is -1.00. The highest BCUT2D eigenvalue weighted by atomic mass is 16.7. The molecule has 0 aromatic carbocycles. The lowest BCUT2D eigenvalue weighted by atomic mass is 9.74. The zero-order valence-electron chi connectivity index (χ0n) is 28.6. The van der Waals surface area contributed by atoms with Crippen molar-refractivity contribution in [3.05, 3.63) is 12.2 Å². The highest BCUT2D eigenvalue weighted by Gasteiger charge is 2.49. The van der Waals surface area contributed by atoms with Crippen LogP contribution in [-0.4, -0.2) is 53.0 Å². The zero-order valence-corrected chi connectivity index (χ0v) is 28.6. The molecule has 1 saturated heterocycles. The zero-order chi connectivity index (χ0) is 32.5. The van der Waals surface area contributed by atoms with Crippen LogP contribution in [-0.2, 0) is 23.9 Å². The molecular formula is C36H64N2O6. The average Bonchev–Trinajstić information content (AvgIpc) is 2.96. The summed E-state index contributed by atoms with van der Waals surface area (Å²) in [4.78, 5) is 38.8. The van der Waals surface area contributed by atoms with Gasteiger partial charge in [-0.3, -0.25) is 14.4 Å². The number of carboxylic acid groups (broad SMARTS) is 1. The molecule has 2 aliphatic rings. The molecule has 1 heterocycles. The van der Waals surface area contributed by atoms with E-state index in [2.05, 4.69) is 29.7 Å². The van der Waals surface area contributed by atoms with Gasteiger partial charge < -0.3 is 25.2 Å². The van der Waals surface area contributed by atoms with Gasteiger partial charge in [0, 0.05) is 11.8 Å².